The highest BCUT2D eigenvalue weighted by Gasteiger charge is 2.17. The van der Waals surface area contributed by atoms with Gasteiger partial charge < -0.3 is 8.98 Å². The van der Waals surface area contributed by atoms with E-state index in [4.69, 9.17) is 16.0 Å². The SMILES string of the molecule is CCn1c(SCc2nnc(-c3ccc(C(C)(C)C)cc3)o2)nnc1-c1ccc(Cl)cc1. The summed E-state index contributed by atoms with van der Waals surface area (Å²) in [6.07, 6.45) is 0. The molecular weight excluding hydrogens is 430 g/mol. The number of nitrogens with zero attached hydrogens (tertiary/aromatic N) is 5. The lowest BCUT2D eigenvalue weighted by atomic mass is 9.87. The Hall–Kier alpha value is -2.64. The molecule has 31 heavy (non-hydrogen) atoms. The van der Waals surface area contributed by atoms with Gasteiger partial charge >= 0.3 is 0 Å². The van der Waals surface area contributed by atoms with E-state index in [-0.39, 0.29) is 5.41 Å². The van der Waals surface area contributed by atoms with Crippen molar-refractivity contribution in [2.75, 3.05) is 0 Å². The van der Waals surface area contributed by atoms with Gasteiger partial charge in [-0.2, -0.15) is 0 Å². The van der Waals surface area contributed by atoms with E-state index in [1.165, 1.54) is 17.3 Å². The molecule has 0 bridgehead atoms. The first kappa shape index (κ1) is 21.6. The van der Waals surface area contributed by atoms with Crippen LogP contribution in [0.3, 0.4) is 0 Å². The molecule has 4 aromatic rings. The van der Waals surface area contributed by atoms with E-state index < -0.39 is 0 Å². The number of halogens is 1. The molecular formula is C23H24ClN5OS. The van der Waals surface area contributed by atoms with E-state index in [0.717, 1.165) is 28.7 Å². The Kier molecular flexibility index (Phi) is 6.16. The van der Waals surface area contributed by atoms with Crippen LogP contribution in [0.1, 0.15) is 39.1 Å². The van der Waals surface area contributed by atoms with Gasteiger partial charge in [-0.25, -0.2) is 0 Å². The fourth-order valence-electron chi connectivity index (χ4n) is 3.16. The van der Waals surface area contributed by atoms with Crippen molar-refractivity contribution in [2.24, 2.45) is 0 Å². The summed E-state index contributed by atoms with van der Waals surface area (Å²) in [7, 11) is 0. The molecule has 0 unspecified atom stereocenters. The highest BCUT2D eigenvalue weighted by molar-refractivity contribution is 7.98. The number of thioether (sulfide) groups is 1. The lowest BCUT2D eigenvalue weighted by Crippen LogP contribution is -2.10. The van der Waals surface area contributed by atoms with Gasteiger partial charge in [0.1, 0.15) is 0 Å². The van der Waals surface area contributed by atoms with Crippen LogP contribution in [0.2, 0.25) is 5.02 Å². The van der Waals surface area contributed by atoms with Gasteiger partial charge in [0.15, 0.2) is 11.0 Å². The first-order chi connectivity index (χ1) is 14.8. The molecule has 6 nitrogen and oxygen atoms in total. The van der Waals surface area contributed by atoms with Crippen LogP contribution >= 0.6 is 23.4 Å². The predicted molar refractivity (Wildman–Crippen MR) is 124 cm³/mol. The summed E-state index contributed by atoms with van der Waals surface area (Å²) in [6, 6.07) is 15.9. The van der Waals surface area contributed by atoms with Gasteiger partial charge in [0.05, 0.1) is 5.75 Å². The monoisotopic (exact) mass is 453 g/mol. The lowest BCUT2D eigenvalue weighted by Gasteiger charge is -2.18. The van der Waals surface area contributed by atoms with Gasteiger partial charge in [-0.1, -0.05) is 56.3 Å². The number of hydrogen-bond acceptors (Lipinski definition) is 6. The molecule has 0 aliphatic heterocycles. The average Bonchev–Trinajstić information content (AvgIpc) is 3.39. The molecule has 0 fully saturated rings. The van der Waals surface area contributed by atoms with Crippen molar-refractivity contribution in [1.82, 2.24) is 25.0 Å². The second-order valence-corrected chi connectivity index (χ2v) is 9.55. The third kappa shape index (κ3) is 4.83. The van der Waals surface area contributed by atoms with Crippen LogP contribution in [-0.4, -0.2) is 25.0 Å². The quantitative estimate of drug-likeness (QED) is 0.321. The molecule has 0 radical (unpaired) electrons. The first-order valence-corrected chi connectivity index (χ1v) is 11.5. The van der Waals surface area contributed by atoms with Crippen molar-refractivity contribution in [3.8, 4) is 22.8 Å². The highest BCUT2D eigenvalue weighted by Crippen LogP contribution is 2.29. The molecule has 8 heteroatoms. The van der Waals surface area contributed by atoms with Crippen LogP contribution < -0.4 is 0 Å². The van der Waals surface area contributed by atoms with Crippen molar-refractivity contribution in [3.63, 3.8) is 0 Å². The second-order valence-electron chi connectivity index (χ2n) is 8.17. The Bertz CT molecular complexity index is 1160. The predicted octanol–water partition coefficient (Wildman–Crippen LogP) is 6.26. The number of benzene rings is 2. The first-order valence-electron chi connectivity index (χ1n) is 10.1. The molecule has 0 atom stereocenters. The summed E-state index contributed by atoms with van der Waals surface area (Å²) in [6.45, 7) is 9.40. The summed E-state index contributed by atoms with van der Waals surface area (Å²) in [5.74, 6) is 2.41. The lowest BCUT2D eigenvalue weighted by molar-refractivity contribution is 0.527. The van der Waals surface area contributed by atoms with E-state index in [1.54, 1.807) is 0 Å². The Morgan fingerprint density at radius 3 is 2.23 bits per heavy atom. The molecule has 0 spiro atoms. The molecule has 0 aliphatic rings. The number of rotatable bonds is 6. The summed E-state index contributed by atoms with van der Waals surface area (Å²) >= 11 is 7.52. The minimum Gasteiger partial charge on any atom is -0.420 e. The smallest absolute Gasteiger partial charge is 0.247 e. The summed E-state index contributed by atoms with van der Waals surface area (Å²) < 4.78 is 7.95. The third-order valence-corrected chi connectivity index (χ3v) is 6.13. The van der Waals surface area contributed by atoms with Crippen molar-refractivity contribution in [1.29, 1.82) is 0 Å². The molecule has 0 saturated carbocycles. The molecule has 2 heterocycles. The summed E-state index contributed by atoms with van der Waals surface area (Å²) in [5.41, 5.74) is 3.26. The molecule has 0 N–H and O–H groups in total. The minimum atomic E-state index is 0.106. The molecule has 0 amide bonds. The van der Waals surface area contributed by atoms with Gasteiger partial charge in [-0.05, 0) is 54.3 Å². The van der Waals surface area contributed by atoms with E-state index in [2.05, 4.69) is 64.8 Å². The Morgan fingerprint density at radius 1 is 0.903 bits per heavy atom. The van der Waals surface area contributed by atoms with Crippen LogP contribution in [0.4, 0.5) is 0 Å². The average molecular weight is 454 g/mol. The molecule has 0 aliphatic carbocycles. The van der Waals surface area contributed by atoms with Crippen LogP contribution in [0.25, 0.3) is 22.8 Å². The standard InChI is InChI=1S/C23H24ClN5OS/c1-5-29-20(15-8-12-18(24)13-9-15)26-28-22(29)31-14-19-25-27-21(30-19)16-6-10-17(11-7-16)23(2,3)4/h6-13H,5,14H2,1-4H3. The largest absolute Gasteiger partial charge is 0.420 e. The fourth-order valence-corrected chi connectivity index (χ4v) is 4.13. The van der Waals surface area contributed by atoms with E-state index in [1.807, 2.05) is 36.4 Å². The van der Waals surface area contributed by atoms with Crippen LogP contribution in [0.15, 0.2) is 58.1 Å². The van der Waals surface area contributed by atoms with Gasteiger partial charge in [0.25, 0.3) is 0 Å². The third-order valence-electron chi connectivity index (χ3n) is 4.92. The summed E-state index contributed by atoms with van der Waals surface area (Å²) in [4.78, 5) is 0. The van der Waals surface area contributed by atoms with E-state index >= 15 is 0 Å². The van der Waals surface area contributed by atoms with Crippen LogP contribution in [0, 0.1) is 0 Å². The Morgan fingerprint density at radius 2 is 1.58 bits per heavy atom. The van der Waals surface area contributed by atoms with Crippen LogP contribution in [-0.2, 0) is 17.7 Å². The van der Waals surface area contributed by atoms with Crippen molar-refractivity contribution >= 4 is 23.4 Å². The zero-order valence-corrected chi connectivity index (χ0v) is 19.5. The zero-order valence-electron chi connectivity index (χ0n) is 18.0. The van der Waals surface area contributed by atoms with Gasteiger partial charge in [-0.3, -0.25) is 0 Å². The van der Waals surface area contributed by atoms with Gasteiger partial charge in [0.2, 0.25) is 11.8 Å². The highest BCUT2D eigenvalue weighted by atomic mass is 35.5. The van der Waals surface area contributed by atoms with E-state index in [9.17, 15) is 0 Å². The second kappa shape index (κ2) is 8.85. The fraction of sp³-hybridized carbons (Fsp3) is 0.304. The maximum absolute atomic E-state index is 6.00. The van der Waals surface area contributed by atoms with Gasteiger partial charge in [0, 0.05) is 22.7 Å². The topological polar surface area (TPSA) is 69.6 Å². The maximum atomic E-state index is 6.00. The minimum absolute atomic E-state index is 0.106. The molecule has 2 aromatic carbocycles. The molecule has 2 aromatic heterocycles. The van der Waals surface area contributed by atoms with E-state index in [0.29, 0.717) is 22.6 Å². The molecule has 0 saturated heterocycles. The Balaban J connectivity index is 1.47. The molecule has 4 rings (SSSR count). The Labute approximate surface area is 191 Å². The summed E-state index contributed by atoms with van der Waals surface area (Å²) in [5, 5.41) is 18.6. The van der Waals surface area contributed by atoms with Crippen molar-refractivity contribution in [2.45, 2.75) is 50.6 Å². The van der Waals surface area contributed by atoms with Gasteiger partial charge in [-0.15, -0.1) is 20.4 Å². The number of hydrogen-bond donors (Lipinski definition) is 0. The normalized spacial score (nSPS) is 11.8. The molecule has 160 valence electrons. The van der Waals surface area contributed by atoms with Crippen LogP contribution in [0.5, 0.6) is 0 Å². The zero-order chi connectivity index (χ0) is 22.0. The maximum Gasteiger partial charge on any atom is 0.247 e. The van der Waals surface area contributed by atoms with Crippen molar-refractivity contribution < 1.29 is 4.42 Å². The number of aromatic nitrogens is 5. The van der Waals surface area contributed by atoms with Crippen molar-refractivity contribution in [3.05, 3.63) is 65.0 Å².